The Morgan fingerprint density at radius 1 is 1.18 bits per heavy atom. The maximum Gasteiger partial charge on any atom is 0.325 e. The van der Waals surface area contributed by atoms with E-state index in [1.54, 1.807) is 22.5 Å². The number of hydrogen-bond acceptors (Lipinski definition) is 3. The van der Waals surface area contributed by atoms with Crippen molar-refractivity contribution in [3.63, 3.8) is 0 Å². The summed E-state index contributed by atoms with van der Waals surface area (Å²) in [5, 5.41) is 0.687. The molecule has 5 nitrogen and oxygen atoms in total. The standard InChI is InChI=1S/C22H21FN2O3/c1-2-28-20(26)14-25-19-9-8-16(23)12-18(19)17-10-11-24(22(27)21(17)25)13-15-6-4-3-5-7-15/h3-9,12H,2,10-11,13-14H2,1H3. The van der Waals surface area contributed by atoms with Gasteiger partial charge in [-0.1, -0.05) is 30.3 Å². The van der Waals surface area contributed by atoms with E-state index in [0.29, 0.717) is 36.1 Å². The highest BCUT2D eigenvalue weighted by molar-refractivity contribution is 6.03. The fourth-order valence-corrected chi connectivity index (χ4v) is 3.85. The zero-order valence-electron chi connectivity index (χ0n) is 15.7. The minimum Gasteiger partial charge on any atom is -0.465 e. The molecule has 2 aromatic carbocycles. The molecule has 0 radical (unpaired) electrons. The van der Waals surface area contributed by atoms with Crippen LogP contribution in [-0.4, -0.2) is 34.5 Å². The molecule has 0 atom stereocenters. The molecule has 0 saturated carbocycles. The van der Waals surface area contributed by atoms with E-state index in [1.165, 1.54) is 12.1 Å². The van der Waals surface area contributed by atoms with Gasteiger partial charge in [0.1, 0.15) is 18.1 Å². The lowest BCUT2D eigenvalue weighted by Gasteiger charge is -2.28. The van der Waals surface area contributed by atoms with Gasteiger partial charge >= 0.3 is 5.97 Å². The van der Waals surface area contributed by atoms with Crippen molar-refractivity contribution in [2.24, 2.45) is 0 Å². The molecule has 0 N–H and O–H groups in total. The normalized spacial score (nSPS) is 13.6. The number of nitrogens with zero attached hydrogens (tertiary/aromatic N) is 2. The van der Waals surface area contributed by atoms with Gasteiger partial charge < -0.3 is 14.2 Å². The molecular formula is C22H21FN2O3. The molecule has 6 heteroatoms. The minimum absolute atomic E-state index is 0.0732. The number of aromatic nitrogens is 1. The Kier molecular flexibility index (Phi) is 4.86. The number of esters is 1. The highest BCUT2D eigenvalue weighted by atomic mass is 19.1. The lowest BCUT2D eigenvalue weighted by atomic mass is 10.0. The number of amides is 1. The van der Waals surface area contributed by atoms with E-state index >= 15 is 0 Å². The number of benzene rings is 2. The topological polar surface area (TPSA) is 51.5 Å². The Hall–Kier alpha value is -3.15. The second kappa shape index (κ2) is 7.46. The molecule has 1 aliphatic heterocycles. The van der Waals surface area contributed by atoms with Gasteiger partial charge in [0.2, 0.25) is 0 Å². The maximum absolute atomic E-state index is 13.9. The van der Waals surface area contributed by atoms with E-state index in [9.17, 15) is 14.0 Å². The second-order valence-corrected chi connectivity index (χ2v) is 6.84. The predicted octanol–water partition coefficient (Wildman–Crippen LogP) is 3.54. The smallest absolute Gasteiger partial charge is 0.325 e. The third kappa shape index (κ3) is 3.26. The summed E-state index contributed by atoms with van der Waals surface area (Å²) in [5.74, 6) is -0.923. The van der Waals surface area contributed by atoms with Crippen molar-refractivity contribution in [3.05, 3.63) is 71.2 Å². The fraction of sp³-hybridized carbons (Fsp3) is 0.273. The van der Waals surface area contributed by atoms with Crippen molar-refractivity contribution in [2.75, 3.05) is 13.2 Å². The van der Waals surface area contributed by atoms with E-state index in [0.717, 1.165) is 11.1 Å². The Bertz CT molecular complexity index is 1040. The summed E-state index contributed by atoms with van der Waals surface area (Å²) in [6.45, 7) is 2.98. The summed E-state index contributed by atoms with van der Waals surface area (Å²) in [6.07, 6.45) is 0.615. The van der Waals surface area contributed by atoms with Gasteiger partial charge in [-0.25, -0.2) is 4.39 Å². The van der Waals surface area contributed by atoms with Crippen LogP contribution in [0.2, 0.25) is 0 Å². The summed E-state index contributed by atoms with van der Waals surface area (Å²) < 4.78 is 20.6. The zero-order valence-corrected chi connectivity index (χ0v) is 15.7. The van der Waals surface area contributed by atoms with Crippen LogP contribution in [0.4, 0.5) is 4.39 Å². The van der Waals surface area contributed by atoms with Crippen LogP contribution in [0.3, 0.4) is 0 Å². The number of carbonyl (C=O) groups is 2. The molecule has 1 aliphatic rings. The average Bonchev–Trinajstić information content (AvgIpc) is 2.98. The molecule has 0 fully saturated rings. The van der Waals surface area contributed by atoms with Crippen LogP contribution < -0.4 is 0 Å². The maximum atomic E-state index is 13.9. The third-order valence-electron chi connectivity index (χ3n) is 5.06. The van der Waals surface area contributed by atoms with Gasteiger partial charge in [-0.3, -0.25) is 9.59 Å². The van der Waals surface area contributed by atoms with Gasteiger partial charge in [0, 0.05) is 24.0 Å². The Labute approximate surface area is 162 Å². The number of rotatable bonds is 5. The lowest BCUT2D eigenvalue weighted by Crippen LogP contribution is -2.38. The highest BCUT2D eigenvalue weighted by Gasteiger charge is 2.31. The molecule has 28 heavy (non-hydrogen) atoms. The molecule has 4 rings (SSSR count). The number of ether oxygens (including phenoxy) is 1. The average molecular weight is 380 g/mol. The molecule has 1 aromatic heterocycles. The summed E-state index contributed by atoms with van der Waals surface area (Å²) in [5.41, 5.74) is 2.97. The van der Waals surface area contributed by atoms with Crippen LogP contribution in [0.5, 0.6) is 0 Å². The fourth-order valence-electron chi connectivity index (χ4n) is 3.85. The van der Waals surface area contributed by atoms with Crippen LogP contribution >= 0.6 is 0 Å². The SMILES string of the molecule is CCOC(=O)Cn1c2c(c3cc(F)ccc31)CCN(Cc1ccccc1)C2=O. The summed E-state index contributed by atoms with van der Waals surface area (Å²) >= 11 is 0. The lowest BCUT2D eigenvalue weighted by molar-refractivity contribution is -0.143. The summed E-state index contributed by atoms with van der Waals surface area (Å²) in [6, 6.07) is 14.2. The first-order chi connectivity index (χ1) is 13.6. The van der Waals surface area contributed by atoms with Gasteiger partial charge in [0.15, 0.2) is 0 Å². The van der Waals surface area contributed by atoms with Crippen LogP contribution in [0.1, 0.15) is 28.5 Å². The van der Waals surface area contributed by atoms with Gasteiger partial charge in [0.05, 0.1) is 6.61 Å². The van der Waals surface area contributed by atoms with E-state index < -0.39 is 5.97 Å². The quantitative estimate of drug-likeness (QED) is 0.636. The van der Waals surface area contributed by atoms with Crippen molar-refractivity contribution < 1.29 is 18.7 Å². The molecule has 1 amide bonds. The first-order valence-corrected chi connectivity index (χ1v) is 9.38. The van der Waals surface area contributed by atoms with Crippen LogP contribution in [-0.2, 0) is 29.0 Å². The summed E-state index contributed by atoms with van der Waals surface area (Å²) in [4.78, 5) is 27.2. The van der Waals surface area contributed by atoms with Crippen LogP contribution in [0.25, 0.3) is 10.9 Å². The first kappa shape index (κ1) is 18.2. The Morgan fingerprint density at radius 3 is 2.71 bits per heavy atom. The predicted molar refractivity (Wildman–Crippen MR) is 103 cm³/mol. The monoisotopic (exact) mass is 380 g/mol. The first-order valence-electron chi connectivity index (χ1n) is 9.38. The second-order valence-electron chi connectivity index (χ2n) is 6.84. The van der Waals surface area contributed by atoms with E-state index in [2.05, 4.69) is 0 Å². The molecule has 0 bridgehead atoms. The minimum atomic E-state index is -0.417. The summed E-state index contributed by atoms with van der Waals surface area (Å²) in [7, 11) is 0. The van der Waals surface area contributed by atoms with E-state index in [-0.39, 0.29) is 24.9 Å². The van der Waals surface area contributed by atoms with Crippen molar-refractivity contribution >= 4 is 22.8 Å². The van der Waals surface area contributed by atoms with Gasteiger partial charge in [-0.15, -0.1) is 0 Å². The number of halogens is 1. The molecule has 0 saturated heterocycles. The number of carbonyl (C=O) groups excluding carboxylic acids is 2. The third-order valence-corrected chi connectivity index (χ3v) is 5.06. The van der Waals surface area contributed by atoms with Gasteiger partial charge in [0.25, 0.3) is 5.91 Å². The van der Waals surface area contributed by atoms with Crippen LogP contribution in [0, 0.1) is 5.82 Å². The van der Waals surface area contributed by atoms with Crippen molar-refractivity contribution in [1.29, 1.82) is 0 Å². The number of fused-ring (bicyclic) bond motifs is 3. The molecule has 3 aromatic rings. The molecule has 0 spiro atoms. The largest absolute Gasteiger partial charge is 0.465 e. The van der Waals surface area contributed by atoms with Gasteiger partial charge in [-0.05, 0) is 42.7 Å². The molecule has 2 heterocycles. The van der Waals surface area contributed by atoms with Crippen molar-refractivity contribution in [2.45, 2.75) is 26.4 Å². The van der Waals surface area contributed by atoms with E-state index in [1.807, 2.05) is 30.3 Å². The highest BCUT2D eigenvalue weighted by Crippen LogP contribution is 2.32. The molecule has 0 aliphatic carbocycles. The Balaban J connectivity index is 1.77. The van der Waals surface area contributed by atoms with Gasteiger partial charge in [-0.2, -0.15) is 0 Å². The van der Waals surface area contributed by atoms with Crippen molar-refractivity contribution in [3.8, 4) is 0 Å². The number of hydrogen-bond donors (Lipinski definition) is 0. The zero-order chi connectivity index (χ0) is 19.7. The molecular weight excluding hydrogens is 359 g/mol. The van der Waals surface area contributed by atoms with Crippen molar-refractivity contribution in [1.82, 2.24) is 9.47 Å². The molecule has 144 valence electrons. The van der Waals surface area contributed by atoms with Crippen LogP contribution in [0.15, 0.2) is 48.5 Å². The van der Waals surface area contributed by atoms with E-state index in [4.69, 9.17) is 4.74 Å². The Morgan fingerprint density at radius 2 is 1.96 bits per heavy atom. The molecule has 0 unspecified atom stereocenters.